The molecule has 0 spiro atoms. The van der Waals surface area contributed by atoms with Crippen LogP contribution in [0.1, 0.15) is 5.56 Å². The largest absolute Gasteiger partial charge is 0.392 e. The molecule has 0 heterocycles. The highest BCUT2D eigenvalue weighted by atomic mass is 127. The van der Waals surface area contributed by atoms with E-state index in [-0.39, 0.29) is 12.3 Å². The standard InChI is InChI=1S/C7H6INO3/c8-7-5(4-10)2-1-3-6(7)9(11)12/h1-3,10H,4H2. The van der Waals surface area contributed by atoms with Gasteiger partial charge in [-0.1, -0.05) is 12.1 Å². The number of nitro benzene ring substituents is 1. The van der Waals surface area contributed by atoms with Gasteiger partial charge in [0.2, 0.25) is 0 Å². The Hall–Kier alpha value is -0.690. The molecule has 0 fully saturated rings. The smallest absolute Gasteiger partial charge is 0.283 e. The molecule has 0 amide bonds. The van der Waals surface area contributed by atoms with Crippen LogP contribution in [0.2, 0.25) is 0 Å². The van der Waals surface area contributed by atoms with Crippen molar-refractivity contribution in [3.63, 3.8) is 0 Å². The van der Waals surface area contributed by atoms with Crippen molar-refractivity contribution < 1.29 is 10.0 Å². The van der Waals surface area contributed by atoms with Crippen LogP contribution >= 0.6 is 22.6 Å². The van der Waals surface area contributed by atoms with Gasteiger partial charge in [-0.15, -0.1) is 0 Å². The van der Waals surface area contributed by atoms with Crippen LogP contribution in [0.5, 0.6) is 0 Å². The first-order valence-corrected chi connectivity index (χ1v) is 4.27. The molecule has 4 nitrogen and oxygen atoms in total. The Balaban J connectivity index is 3.23. The van der Waals surface area contributed by atoms with Gasteiger partial charge in [0.05, 0.1) is 15.1 Å². The summed E-state index contributed by atoms with van der Waals surface area (Å²) in [6, 6.07) is 4.64. The second-order valence-electron chi connectivity index (χ2n) is 2.17. The predicted molar refractivity (Wildman–Crippen MR) is 51.7 cm³/mol. The molecule has 1 aromatic carbocycles. The van der Waals surface area contributed by atoms with E-state index in [2.05, 4.69) is 0 Å². The van der Waals surface area contributed by atoms with Crippen molar-refractivity contribution in [3.05, 3.63) is 37.4 Å². The average Bonchev–Trinajstić information content (AvgIpc) is 2.04. The zero-order valence-electron chi connectivity index (χ0n) is 6.03. The predicted octanol–water partition coefficient (Wildman–Crippen LogP) is 1.69. The number of nitro groups is 1. The van der Waals surface area contributed by atoms with Gasteiger partial charge in [0.15, 0.2) is 0 Å². The van der Waals surface area contributed by atoms with Crippen LogP contribution in [-0.2, 0) is 6.61 Å². The highest BCUT2D eigenvalue weighted by Gasteiger charge is 2.13. The number of halogens is 1. The Morgan fingerprint density at radius 2 is 2.25 bits per heavy atom. The first-order chi connectivity index (χ1) is 5.66. The molecule has 12 heavy (non-hydrogen) atoms. The topological polar surface area (TPSA) is 63.4 Å². The number of aliphatic hydroxyl groups excluding tert-OH is 1. The van der Waals surface area contributed by atoms with Gasteiger partial charge in [-0.2, -0.15) is 0 Å². The van der Waals surface area contributed by atoms with E-state index in [1.54, 1.807) is 12.1 Å². The van der Waals surface area contributed by atoms with Crippen LogP contribution in [0, 0.1) is 13.7 Å². The normalized spacial score (nSPS) is 9.83. The second kappa shape index (κ2) is 3.81. The highest BCUT2D eigenvalue weighted by Crippen LogP contribution is 2.23. The fourth-order valence-electron chi connectivity index (χ4n) is 0.829. The van der Waals surface area contributed by atoms with Gasteiger partial charge >= 0.3 is 0 Å². The van der Waals surface area contributed by atoms with E-state index in [4.69, 9.17) is 5.11 Å². The second-order valence-corrected chi connectivity index (χ2v) is 3.24. The van der Waals surface area contributed by atoms with Crippen LogP contribution in [0.3, 0.4) is 0 Å². The lowest BCUT2D eigenvalue weighted by atomic mass is 10.2. The SMILES string of the molecule is O=[N+]([O-])c1cccc(CO)c1I. The molecule has 0 radical (unpaired) electrons. The van der Waals surface area contributed by atoms with Crippen molar-refractivity contribution in [1.82, 2.24) is 0 Å². The summed E-state index contributed by atoms with van der Waals surface area (Å²) >= 11 is 1.85. The van der Waals surface area contributed by atoms with E-state index in [0.29, 0.717) is 9.13 Å². The molecule has 0 saturated heterocycles. The van der Waals surface area contributed by atoms with Gasteiger partial charge in [0, 0.05) is 6.07 Å². The van der Waals surface area contributed by atoms with Gasteiger partial charge < -0.3 is 5.11 Å². The third-order valence-electron chi connectivity index (χ3n) is 1.43. The number of nitrogens with zero attached hydrogens (tertiary/aromatic N) is 1. The Bertz CT molecular complexity index is 314. The molecule has 0 aliphatic heterocycles. The van der Waals surface area contributed by atoms with Gasteiger partial charge in [0.1, 0.15) is 0 Å². The van der Waals surface area contributed by atoms with Gasteiger partial charge in [-0.05, 0) is 28.2 Å². The summed E-state index contributed by atoms with van der Waals surface area (Å²) in [6.07, 6.45) is 0. The summed E-state index contributed by atoms with van der Waals surface area (Å²) in [5.74, 6) is 0. The Labute approximate surface area is 82.5 Å². The number of benzene rings is 1. The zero-order valence-corrected chi connectivity index (χ0v) is 8.19. The Kier molecular flexibility index (Phi) is 2.99. The molecule has 5 heteroatoms. The fourth-order valence-corrected chi connectivity index (χ4v) is 1.56. The maximum absolute atomic E-state index is 10.4. The number of hydrogen-bond acceptors (Lipinski definition) is 3. The maximum atomic E-state index is 10.4. The molecule has 0 aliphatic rings. The van der Waals surface area contributed by atoms with Crippen LogP contribution in [0.25, 0.3) is 0 Å². The zero-order chi connectivity index (χ0) is 9.14. The first kappa shape index (κ1) is 9.40. The lowest BCUT2D eigenvalue weighted by molar-refractivity contribution is -0.385. The third-order valence-corrected chi connectivity index (χ3v) is 2.67. The molecule has 0 bridgehead atoms. The van der Waals surface area contributed by atoms with E-state index >= 15 is 0 Å². The van der Waals surface area contributed by atoms with Gasteiger partial charge in [-0.3, -0.25) is 10.1 Å². The third kappa shape index (κ3) is 1.72. The maximum Gasteiger partial charge on any atom is 0.283 e. The van der Waals surface area contributed by atoms with Crippen molar-refractivity contribution in [2.24, 2.45) is 0 Å². The molecule has 1 aromatic rings. The summed E-state index contributed by atoms with van der Waals surface area (Å²) in [5, 5.41) is 19.2. The molecular weight excluding hydrogens is 273 g/mol. The van der Waals surface area contributed by atoms with Crippen molar-refractivity contribution in [2.45, 2.75) is 6.61 Å². The number of hydrogen-bond donors (Lipinski definition) is 1. The monoisotopic (exact) mass is 279 g/mol. The summed E-state index contributed by atoms with van der Waals surface area (Å²) in [4.78, 5) is 9.95. The van der Waals surface area contributed by atoms with Gasteiger partial charge in [-0.25, -0.2) is 0 Å². The number of rotatable bonds is 2. The molecule has 0 atom stereocenters. The molecule has 0 aliphatic carbocycles. The van der Waals surface area contributed by atoms with Crippen molar-refractivity contribution in [3.8, 4) is 0 Å². The minimum absolute atomic E-state index is 0.0437. The molecule has 0 unspecified atom stereocenters. The van der Waals surface area contributed by atoms with E-state index < -0.39 is 4.92 Å². The molecule has 0 aromatic heterocycles. The van der Waals surface area contributed by atoms with Crippen molar-refractivity contribution >= 4 is 28.3 Å². The van der Waals surface area contributed by atoms with E-state index in [0.717, 1.165) is 0 Å². The molecule has 1 N–H and O–H groups in total. The molecule has 64 valence electrons. The van der Waals surface area contributed by atoms with Crippen LogP contribution in [-0.4, -0.2) is 10.0 Å². The van der Waals surface area contributed by atoms with Crippen LogP contribution in [0.4, 0.5) is 5.69 Å². The van der Waals surface area contributed by atoms with Crippen molar-refractivity contribution in [1.29, 1.82) is 0 Å². The molecule has 1 rings (SSSR count). The Morgan fingerprint density at radius 1 is 1.58 bits per heavy atom. The minimum atomic E-state index is -0.457. The average molecular weight is 279 g/mol. The Morgan fingerprint density at radius 3 is 2.75 bits per heavy atom. The molecule has 0 saturated carbocycles. The van der Waals surface area contributed by atoms with E-state index in [1.165, 1.54) is 6.07 Å². The summed E-state index contributed by atoms with van der Waals surface area (Å²) in [6.45, 7) is -0.167. The minimum Gasteiger partial charge on any atom is -0.392 e. The summed E-state index contributed by atoms with van der Waals surface area (Å²) in [7, 11) is 0. The van der Waals surface area contributed by atoms with Crippen molar-refractivity contribution in [2.75, 3.05) is 0 Å². The molecular formula is C7H6INO3. The van der Waals surface area contributed by atoms with Crippen LogP contribution < -0.4 is 0 Å². The van der Waals surface area contributed by atoms with E-state index in [9.17, 15) is 10.1 Å². The first-order valence-electron chi connectivity index (χ1n) is 3.19. The fraction of sp³-hybridized carbons (Fsp3) is 0.143. The number of aliphatic hydroxyl groups is 1. The van der Waals surface area contributed by atoms with Gasteiger partial charge in [0.25, 0.3) is 5.69 Å². The lowest BCUT2D eigenvalue weighted by Gasteiger charge is -1.99. The quantitative estimate of drug-likeness (QED) is 0.509. The van der Waals surface area contributed by atoms with E-state index in [1.807, 2.05) is 22.6 Å². The summed E-state index contributed by atoms with van der Waals surface area (Å²) in [5.41, 5.74) is 0.631. The lowest BCUT2D eigenvalue weighted by Crippen LogP contribution is -1.95. The summed E-state index contributed by atoms with van der Waals surface area (Å²) < 4.78 is 0.502. The van der Waals surface area contributed by atoms with Crippen LogP contribution in [0.15, 0.2) is 18.2 Å². The highest BCUT2D eigenvalue weighted by molar-refractivity contribution is 14.1.